The molecule has 0 aromatic heterocycles. The molecule has 0 aromatic carbocycles. The molecule has 0 N–H and O–H groups in total. The molecule has 1 aliphatic carbocycles. The summed E-state index contributed by atoms with van der Waals surface area (Å²) in [4.78, 5) is 11.2. The van der Waals surface area contributed by atoms with Gasteiger partial charge in [0.05, 0.1) is 5.92 Å². The fraction of sp³-hybridized carbons (Fsp3) is 0.889. The minimum Gasteiger partial charge on any atom is -0.463 e. The zero-order chi connectivity index (χ0) is 8.81. The third-order valence-electron chi connectivity index (χ3n) is 2.26. The molecule has 1 rings (SSSR count). The number of carbonyl (C=O) groups is 1. The lowest BCUT2D eigenvalue weighted by atomic mass is 9.89. The van der Waals surface area contributed by atoms with Gasteiger partial charge in [-0.15, -0.1) is 0 Å². The van der Waals surface area contributed by atoms with E-state index in [9.17, 15) is 9.18 Å². The molecule has 0 bridgehead atoms. The topological polar surface area (TPSA) is 26.3 Å². The fourth-order valence-corrected chi connectivity index (χ4v) is 1.60. The molecule has 0 unspecified atom stereocenters. The molecule has 0 saturated heterocycles. The van der Waals surface area contributed by atoms with Gasteiger partial charge in [0, 0.05) is 0 Å². The van der Waals surface area contributed by atoms with Crippen LogP contribution >= 0.6 is 0 Å². The van der Waals surface area contributed by atoms with Crippen LogP contribution in [0.4, 0.5) is 4.39 Å². The van der Waals surface area contributed by atoms with Gasteiger partial charge in [-0.2, -0.15) is 0 Å². The molecule has 1 fully saturated rings. The second kappa shape index (κ2) is 5.12. The van der Waals surface area contributed by atoms with Gasteiger partial charge in [0.1, 0.15) is 13.3 Å². The largest absolute Gasteiger partial charge is 0.463 e. The Hall–Kier alpha value is -0.600. The Morgan fingerprint density at radius 3 is 2.58 bits per heavy atom. The molecule has 0 radical (unpaired) electrons. The van der Waals surface area contributed by atoms with Crippen LogP contribution < -0.4 is 0 Å². The van der Waals surface area contributed by atoms with Crippen molar-refractivity contribution in [1.82, 2.24) is 0 Å². The number of hydrogen-bond acceptors (Lipinski definition) is 2. The summed E-state index contributed by atoms with van der Waals surface area (Å²) in [6, 6.07) is 0. The maximum atomic E-state index is 11.6. The van der Waals surface area contributed by atoms with E-state index in [1.807, 2.05) is 0 Å². The van der Waals surface area contributed by atoms with Gasteiger partial charge in [0.15, 0.2) is 0 Å². The molecule has 0 atom stereocenters. The van der Waals surface area contributed by atoms with Gasteiger partial charge in [-0.05, 0) is 12.8 Å². The van der Waals surface area contributed by atoms with E-state index in [1.165, 1.54) is 6.42 Å². The van der Waals surface area contributed by atoms with Gasteiger partial charge in [0.2, 0.25) is 0 Å². The lowest BCUT2D eigenvalue weighted by molar-refractivity contribution is -0.150. The number of carbonyl (C=O) groups excluding carboxylic acids is 1. The smallest absolute Gasteiger partial charge is 0.309 e. The first-order valence-corrected chi connectivity index (χ1v) is 4.57. The summed E-state index contributed by atoms with van der Waals surface area (Å²) in [6.45, 7) is -0.645. The van der Waals surface area contributed by atoms with Crippen molar-refractivity contribution in [3.05, 3.63) is 0 Å². The quantitative estimate of drug-likeness (QED) is 0.612. The zero-order valence-corrected chi connectivity index (χ0v) is 7.22. The Morgan fingerprint density at radius 2 is 2.00 bits per heavy atom. The first kappa shape index (κ1) is 9.49. The molecule has 0 spiro atoms. The van der Waals surface area contributed by atoms with Crippen molar-refractivity contribution in [2.45, 2.75) is 32.1 Å². The number of esters is 1. The van der Waals surface area contributed by atoms with Crippen molar-refractivity contribution in [1.29, 1.82) is 0 Å². The Kier molecular flexibility index (Phi) is 4.05. The van der Waals surface area contributed by atoms with Crippen LogP contribution in [-0.4, -0.2) is 19.3 Å². The zero-order valence-electron chi connectivity index (χ0n) is 7.22. The summed E-state index contributed by atoms with van der Waals surface area (Å²) >= 11 is 0. The molecule has 70 valence electrons. The number of rotatable bonds is 3. The predicted molar refractivity (Wildman–Crippen MR) is 43.5 cm³/mol. The lowest BCUT2D eigenvalue weighted by Gasteiger charge is -2.19. The van der Waals surface area contributed by atoms with Crippen molar-refractivity contribution in [2.75, 3.05) is 13.3 Å². The molecule has 0 amide bonds. The van der Waals surface area contributed by atoms with E-state index >= 15 is 0 Å². The summed E-state index contributed by atoms with van der Waals surface area (Å²) in [5.74, 6) is -0.155. The van der Waals surface area contributed by atoms with Crippen molar-refractivity contribution in [3.63, 3.8) is 0 Å². The Bertz CT molecular complexity index is 141. The minimum absolute atomic E-state index is 0.0466. The van der Waals surface area contributed by atoms with E-state index in [4.69, 9.17) is 4.74 Å². The number of halogens is 1. The molecule has 12 heavy (non-hydrogen) atoms. The summed E-state index contributed by atoms with van der Waals surface area (Å²) in [5, 5.41) is 0. The average Bonchev–Trinajstić information content (AvgIpc) is 2.15. The van der Waals surface area contributed by atoms with Gasteiger partial charge >= 0.3 is 5.97 Å². The van der Waals surface area contributed by atoms with Gasteiger partial charge in [0.25, 0.3) is 0 Å². The first-order chi connectivity index (χ1) is 5.84. The van der Waals surface area contributed by atoms with E-state index in [-0.39, 0.29) is 18.5 Å². The molecule has 1 aliphatic rings. The molecule has 1 saturated carbocycles. The van der Waals surface area contributed by atoms with Gasteiger partial charge < -0.3 is 4.74 Å². The Morgan fingerprint density at radius 1 is 1.33 bits per heavy atom. The standard InChI is InChI=1S/C9H15FO2/c10-6-7-12-9(11)8-4-2-1-3-5-8/h8H,1-7H2. The highest BCUT2D eigenvalue weighted by atomic mass is 19.1. The van der Waals surface area contributed by atoms with Gasteiger partial charge in [-0.3, -0.25) is 4.79 Å². The van der Waals surface area contributed by atoms with Crippen LogP contribution in [0.25, 0.3) is 0 Å². The van der Waals surface area contributed by atoms with Gasteiger partial charge in [-0.25, -0.2) is 4.39 Å². The molecule has 0 aliphatic heterocycles. The average molecular weight is 174 g/mol. The monoisotopic (exact) mass is 174 g/mol. The van der Waals surface area contributed by atoms with E-state index in [0.29, 0.717) is 0 Å². The molecule has 0 aromatic rings. The second-order valence-corrected chi connectivity index (χ2v) is 3.19. The third-order valence-corrected chi connectivity index (χ3v) is 2.26. The fourth-order valence-electron chi connectivity index (χ4n) is 1.60. The van der Waals surface area contributed by atoms with Crippen LogP contribution in [0.1, 0.15) is 32.1 Å². The highest BCUT2D eigenvalue weighted by Gasteiger charge is 2.21. The highest BCUT2D eigenvalue weighted by Crippen LogP contribution is 2.24. The summed E-state index contributed by atoms with van der Waals surface area (Å²) in [6.07, 6.45) is 5.27. The van der Waals surface area contributed by atoms with Crippen molar-refractivity contribution >= 4 is 5.97 Å². The Balaban J connectivity index is 2.20. The molecule has 0 heterocycles. The van der Waals surface area contributed by atoms with Crippen LogP contribution in [0.3, 0.4) is 0 Å². The normalized spacial score (nSPS) is 19.1. The van der Waals surface area contributed by atoms with E-state index in [2.05, 4.69) is 0 Å². The Labute approximate surface area is 72.1 Å². The van der Waals surface area contributed by atoms with Gasteiger partial charge in [-0.1, -0.05) is 19.3 Å². The summed E-state index contributed by atoms with van der Waals surface area (Å²) in [5.41, 5.74) is 0. The maximum Gasteiger partial charge on any atom is 0.309 e. The number of alkyl halides is 1. The lowest BCUT2D eigenvalue weighted by Crippen LogP contribution is -2.21. The molecule has 3 heteroatoms. The second-order valence-electron chi connectivity index (χ2n) is 3.19. The van der Waals surface area contributed by atoms with Crippen LogP contribution in [-0.2, 0) is 9.53 Å². The van der Waals surface area contributed by atoms with E-state index in [1.54, 1.807) is 0 Å². The van der Waals surface area contributed by atoms with E-state index in [0.717, 1.165) is 25.7 Å². The van der Waals surface area contributed by atoms with Crippen molar-refractivity contribution in [2.24, 2.45) is 5.92 Å². The summed E-state index contributed by atoms with van der Waals surface area (Å²) in [7, 11) is 0. The van der Waals surface area contributed by atoms with Crippen LogP contribution in [0.5, 0.6) is 0 Å². The van der Waals surface area contributed by atoms with Crippen LogP contribution in [0.15, 0.2) is 0 Å². The van der Waals surface area contributed by atoms with E-state index < -0.39 is 6.67 Å². The molecule has 2 nitrogen and oxygen atoms in total. The van der Waals surface area contributed by atoms with Crippen molar-refractivity contribution < 1.29 is 13.9 Å². The molecular weight excluding hydrogens is 159 g/mol. The third kappa shape index (κ3) is 2.80. The van der Waals surface area contributed by atoms with Crippen LogP contribution in [0.2, 0.25) is 0 Å². The number of hydrogen-bond donors (Lipinski definition) is 0. The first-order valence-electron chi connectivity index (χ1n) is 4.57. The SMILES string of the molecule is O=C(OCCF)C1CCCCC1. The number of ether oxygens (including phenoxy) is 1. The molecular formula is C9H15FO2. The minimum atomic E-state index is -0.571. The predicted octanol–water partition coefficient (Wildman–Crippen LogP) is 2.08. The maximum absolute atomic E-state index is 11.6. The summed E-state index contributed by atoms with van der Waals surface area (Å²) < 4.78 is 16.4. The van der Waals surface area contributed by atoms with Crippen molar-refractivity contribution in [3.8, 4) is 0 Å². The van der Waals surface area contributed by atoms with Crippen LogP contribution in [0, 0.1) is 5.92 Å². The highest BCUT2D eigenvalue weighted by molar-refractivity contribution is 5.72.